The first-order chi connectivity index (χ1) is 33.5. The molecule has 0 spiro atoms. The largest absolute Gasteiger partial charge is 0.456 e. The minimum Gasteiger partial charge on any atom is -0.456 e. The van der Waals surface area contributed by atoms with Crippen molar-refractivity contribution in [2.45, 2.75) is 182 Å². The molecule has 0 N–H and O–H groups in total. The van der Waals surface area contributed by atoms with Crippen LogP contribution in [0.3, 0.4) is 0 Å². The normalized spacial score (nSPS) is 12.1. The van der Waals surface area contributed by atoms with Crippen LogP contribution in [0.2, 0.25) is 0 Å². The maximum Gasteiger partial charge on any atom is 0.136 e. The molecule has 2 nitrogen and oxygen atoms in total. The van der Waals surface area contributed by atoms with Gasteiger partial charge in [0.1, 0.15) is 22.3 Å². The average Bonchev–Trinajstić information content (AvgIpc) is 3.88. The molecule has 354 valence electrons. The Bertz CT molecular complexity index is 2810. The smallest absolute Gasteiger partial charge is 0.136 e. The predicted molar refractivity (Wildman–Crippen MR) is 297 cm³/mol. The van der Waals surface area contributed by atoms with Gasteiger partial charge in [0.05, 0.1) is 0 Å². The Morgan fingerprint density at radius 2 is 0.559 bits per heavy atom. The summed E-state index contributed by atoms with van der Waals surface area (Å²) in [7, 11) is 0. The quantitative estimate of drug-likeness (QED) is 0.0506. The molecule has 68 heavy (non-hydrogen) atoms. The fraction of sp³-hybridized carbons (Fsp3) is 0.424. The lowest BCUT2D eigenvalue weighted by Crippen LogP contribution is -1.94. The van der Waals surface area contributed by atoms with Crippen LogP contribution in [0.1, 0.15) is 178 Å². The van der Waals surface area contributed by atoms with E-state index < -0.39 is 0 Å². The Morgan fingerprint density at radius 1 is 0.250 bits per heavy atom. The fourth-order valence-corrected chi connectivity index (χ4v) is 11.1. The predicted octanol–water partition coefficient (Wildman–Crippen LogP) is 21.2. The molecule has 2 heterocycles. The third-order valence-corrected chi connectivity index (χ3v) is 15.0. The van der Waals surface area contributed by atoms with Gasteiger partial charge in [0.15, 0.2) is 0 Å². The van der Waals surface area contributed by atoms with Crippen LogP contribution in [0, 0.1) is 0 Å². The van der Waals surface area contributed by atoms with Crippen molar-refractivity contribution in [2.75, 3.05) is 0 Å². The molecule has 2 heteroatoms. The molecule has 0 aliphatic carbocycles. The lowest BCUT2D eigenvalue weighted by Gasteiger charge is -2.12. The third kappa shape index (κ3) is 11.6. The highest BCUT2D eigenvalue weighted by Crippen LogP contribution is 2.40. The van der Waals surface area contributed by atoms with Crippen molar-refractivity contribution in [2.24, 2.45) is 0 Å². The zero-order chi connectivity index (χ0) is 46.7. The molecule has 9 aromatic rings. The minimum atomic E-state index is 0.905. The van der Waals surface area contributed by atoms with E-state index >= 15 is 0 Å². The summed E-state index contributed by atoms with van der Waals surface area (Å²) in [5.74, 6) is 0. The van der Waals surface area contributed by atoms with Crippen LogP contribution in [-0.4, -0.2) is 0 Å². The highest BCUT2D eigenvalue weighted by atomic mass is 16.3. The first-order valence-corrected chi connectivity index (χ1v) is 27.5. The number of benzene rings is 7. The van der Waals surface area contributed by atoms with E-state index in [0.717, 1.165) is 69.6 Å². The lowest BCUT2D eigenvalue weighted by molar-refractivity contribution is 0.628. The number of furan rings is 2. The Hall–Kier alpha value is -5.34. The molecule has 0 saturated carbocycles. The molecule has 0 amide bonds. The molecule has 9 rings (SSSR count). The van der Waals surface area contributed by atoms with Gasteiger partial charge in [-0.15, -0.1) is 0 Å². The van der Waals surface area contributed by atoms with Crippen LogP contribution in [0.15, 0.2) is 118 Å². The van der Waals surface area contributed by atoms with Crippen LogP contribution >= 0.6 is 0 Å². The first kappa shape index (κ1) is 47.7. The summed E-state index contributed by atoms with van der Waals surface area (Å²) in [6, 6.07) is 42.5. The number of hydrogen-bond donors (Lipinski definition) is 0. The van der Waals surface area contributed by atoms with Gasteiger partial charge in [0.25, 0.3) is 0 Å². The van der Waals surface area contributed by atoms with Gasteiger partial charge in [-0.2, -0.15) is 0 Å². The molecule has 0 atom stereocenters. The Balaban J connectivity index is 0.993. The topological polar surface area (TPSA) is 26.3 Å². The fourth-order valence-electron chi connectivity index (χ4n) is 11.1. The second-order valence-corrected chi connectivity index (χ2v) is 20.6. The summed E-state index contributed by atoms with van der Waals surface area (Å²) in [4.78, 5) is 0. The summed E-state index contributed by atoms with van der Waals surface area (Å²) in [5, 5.41) is 9.37. The second-order valence-electron chi connectivity index (χ2n) is 20.6. The molecule has 7 aromatic carbocycles. The number of rotatable bonds is 26. The first-order valence-electron chi connectivity index (χ1n) is 27.5. The molecule has 2 aromatic heterocycles. The zero-order valence-electron chi connectivity index (χ0n) is 42.2. The van der Waals surface area contributed by atoms with Gasteiger partial charge in [0, 0.05) is 21.5 Å². The van der Waals surface area contributed by atoms with Gasteiger partial charge in [0.2, 0.25) is 0 Å². The summed E-state index contributed by atoms with van der Waals surface area (Å²) >= 11 is 0. The Morgan fingerprint density at radius 3 is 0.897 bits per heavy atom. The van der Waals surface area contributed by atoms with Gasteiger partial charge < -0.3 is 8.83 Å². The van der Waals surface area contributed by atoms with E-state index in [2.05, 4.69) is 137 Å². The third-order valence-electron chi connectivity index (χ3n) is 15.0. The van der Waals surface area contributed by atoms with Crippen molar-refractivity contribution < 1.29 is 8.83 Å². The second kappa shape index (κ2) is 23.3. The molecule has 0 unspecified atom stereocenters. The molecular formula is C66H78O2. The van der Waals surface area contributed by atoms with E-state index in [1.54, 1.807) is 0 Å². The minimum absolute atomic E-state index is 0.905. The molecule has 0 aliphatic heterocycles. The van der Waals surface area contributed by atoms with E-state index in [1.807, 2.05) is 0 Å². The highest BCUT2D eigenvalue weighted by molar-refractivity contribution is 6.18. The van der Waals surface area contributed by atoms with Gasteiger partial charge in [-0.1, -0.05) is 191 Å². The zero-order valence-corrected chi connectivity index (χ0v) is 42.2. The highest BCUT2D eigenvalue weighted by Gasteiger charge is 2.16. The van der Waals surface area contributed by atoms with Crippen LogP contribution in [-0.2, 0) is 25.7 Å². The van der Waals surface area contributed by atoms with Crippen LogP contribution in [0.4, 0.5) is 0 Å². The van der Waals surface area contributed by atoms with Crippen molar-refractivity contribution in [3.63, 3.8) is 0 Å². The monoisotopic (exact) mass is 903 g/mol. The van der Waals surface area contributed by atoms with Gasteiger partial charge in [-0.3, -0.25) is 0 Å². The van der Waals surface area contributed by atoms with Crippen molar-refractivity contribution in [3.05, 3.63) is 131 Å². The van der Waals surface area contributed by atoms with E-state index in [4.69, 9.17) is 8.83 Å². The van der Waals surface area contributed by atoms with Crippen molar-refractivity contribution in [1.29, 1.82) is 0 Å². The number of hydrogen-bond acceptors (Lipinski definition) is 2. The maximum atomic E-state index is 6.73. The number of unbranched alkanes of at least 4 members (excludes halogenated alkanes) is 16. The van der Waals surface area contributed by atoms with Gasteiger partial charge >= 0.3 is 0 Å². The van der Waals surface area contributed by atoms with Gasteiger partial charge in [-0.05, 0) is 166 Å². The molecule has 0 aliphatic rings. The van der Waals surface area contributed by atoms with Crippen LogP contribution < -0.4 is 0 Å². The number of aryl methyl sites for hydroxylation is 4. The molecule has 0 radical (unpaired) electrons. The van der Waals surface area contributed by atoms with E-state index in [0.29, 0.717) is 0 Å². The average molecular weight is 903 g/mol. The van der Waals surface area contributed by atoms with E-state index in [-0.39, 0.29) is 0 Å². The number of fused-ring (bicyclic) bond motifs is 8. The van der Waals surface area contributed by atoms with E-state index in [9.17, 15) is 0 Å². The van der Waals surface area contributed by atoms with Crippen LogP contribution in [0.5, 0.6) is 0 Å². The molecule has 0 saturated heterocycles. The molecule has 0 fully saturated rings. The van der Waals surface area contributed by atoms with Crippen molar-refractivity contribution in [3.8, 4) is 22.3 Å². The van der Waals surface area contributed by atoms with E-state index in [1.165, 1.54) is 194 Å². The van der Waals surface area contributed by atoms with Crippen molar-refractivity contribution >= 4 is 65.4 Å². The Labute approximate surface area is 407 Å². The summed E-state index contributed by atoms with van der Waals surface area (Å²) in [6.45, 7) is 9.20. The summed E-state index contributed by atoms with van der Waals surface area (Å²) in [5.41, 5.74) is 14.9. The van der Waals surface area contributed by atoms with Gasteiger partial charge in [-0.25, -0.2) is 0 Å². The SMILES string of the molecule is CCCCCCCc1cc(CCCCCCC)cc(-c2ccc3cc4c(cc3c2)oc2cc3c(cc24)oc2cc4cc(-c5cc(CCCCCCC)cc(CCCCCCC)c5)ccc4cc23)c1. The standard InChI is InChI=1S/C66H78O2/c1-5-9-13-17-21-25-47-33-48(26-22-18-14-10-6-2)36-55(35-47)51-29-31-53-41-59-61-45-66-62(46-65(61)67-63(59)43-57(53)39-51)60-42-54-32-30-52(40-58(54)44-64(60)68-66)56-37-49(27-23-19-15-11-7-3)34-50(38-56)28-24-20-16-12-8-4/h29-46H,5-28H2,1-4H3. The van der Waals surface area contributed by atoms with Crippen molar-refractivity contribution in [1.82, 2.24) is 0 Å². The summed E-state index contributed by atoms with van der Waals surface area (Å²) < 4.78 is 13.5. The lowest BCUT2D eigenvalue weighted by atomic mass is 9.93. The molecular weight excluding hydrogens is 825 g/mol. The van der Waals surface area contributed by atoms with Crippen LogP contribution in [0.25, 0.3) is 87.7 Å². The molecule has 0 bridgehead atoms. The maximum absolute atomic E-state index is 6.73. The summed E-state index contributed by atoms with van der Waals surface area (Å²) in [6.07, 6.45) is 31.0. The Kier molecular flexibility index (Phi) is 16.4.